The fourth-order valence-corrected chi connectivity index (χ4v) is 3.21. The van der Waals surface area contributed by atoms with Crippen LogP contribution in [0.3, 0.4) is 0 Å². The minimum atomic E-state index is -0.148. The van der Waals surface area contributed by atoms with Crippen molar-refractivity contribution in [2.24, 2.45) is 0 Å². The Hall–Kier alpha value is -2.40. The van der Waals surface area contributed by atoms with Crippen LogP contribution >= 0.6 is 0 Å². The predicted octanol–water partition coefficient (Wildman–Crippen LogP) is 2.45. The molecule has 2 atom stereocenters. The molecule has 5 heteroatoms. The average Bonchev–Trinajstić information content (AvgIpc) is 2.58. The number of ether oxygens (including phenoxy) is 1. The van der Waals surface area contributed by atoms with E-state index in [1.807, 2.05) is 43.0 Å². The van der Waals surface area contributed by atoms with Crippen molar-refractivity contribution in [2.75, 3.05) is 13.2 Å². The zero-order valence-electron chi connectivity index (χ0n) is 14.9. The monoisotopic (exact) mass is 340 g/mol. The highest BCUT2D eigenvalue weighted by Gasteiger charge is 2.31. The molecule has 1 fully saturated rings. The number of hydrogen-bond donors (Lipinski definition) is 0. The van der Waals surface area contributed by atoms with Crippen molar-refractivity contribution >= 4 is 5.91 Å². The first-order chi connectivity index (χ1) is 12.0. The van der Waals surface area contributed by atoms with Crippen LogP contribution < -0.4 is 5.56 Å². The standard InChI is InChI=1S/C20H24N2O3/c1-14-8-9-21(19(23)10-14)12-20(24)22-11-18(25-13-16(22)3)17-7-5-4-6-15(17)2/h4-10,16,18H,11-13H2,1-3H3. The highest BCUT2D eigenvalue weighted by molar-refractivity contribution is 5.76. The van der Waals surface area contributed by atoms with Crippen LogP contribution in [0.15, 0.2) is 47.4 Å². The fourth-order valence-electron chi connectivity index (χ4n) is 3.21. The fraction of sp³-hybridized carbons (Fsp3) is 0.400. The molecule has 5 nitrogen and oxygen atoms in total. The Kier molecular flexibility index (Phi) is 5.04. The molecule has 1 aliphatic heterocycles. The van der Waals surface area contributed by atoms with Crippen LogP contribution in [0.5, 0.6) is 0 Å². The number of amides is 1. The molecule has 0 radical (unpaired) electrons. The van der Waals surface area contributed by atoms with Crippen molar-refractivity contribution in [1.82, 2.24) is 9.47 Å². The molecule has 3 rings (SSSR count). The molecule has 0 aliphatic carbocycles. The van der Waals surface area contributed by atoms with Crippen molar-refractivity contribution in [1.29, 1.82) is 0 Å². The summed E-state index contributed by atoms with van der Waals surface area (Å²) in [6, 6.07) is 11.5. The lowest BCUT2D eigenvalue weighted by atomic mass is 10.0. The summed E-state index contributed by atoms with van der Waals surface area (Å²) in [6.45, 7) is 6.95. The largest absolute Gasteiger partial charge is 0.370 e. The molecule has 1 amide bonds. The minimum absolute atomic E-state index is 0.00563. The van der Waals surface area contributed by atoms with Crippen LogP contribution in [0.4, 0.5) is 0 Å². The van der Waals surface area contributed by atoms with Crippen LogP contribution in [-0.2, 0) is 16.1 Å². The summed E-state index contributed by atoms with van der Waals surface area (Å²) in [6.07, 6.45) is 1.55. The molecule has 0 spiro atoms. The molecule has 2 heterocycles. The summed E-state index contributed by atoms with van der Waals surface area (Å²) in [5, 5.41) is 0. The van der Waals surface area contributed by atoms with Crippen LogP contribution in [-0.4, -0.2) is 34.6 Å². The molecular formula is C20H24N2O3. The number of benzene rings is 1. The van der Waals surface area contributed by atoms with Gasteiger partial charge in [-0.3, -0.25) is 9.59 Å². The van der Waals surface area contributed by atoms with Crippen LogP contribution in [0.1, 0.15) is 29.7 Å². The lowest BCUT2D eigenvalue weighted by Gasteiger charge is -2.38. The Labute approximate surface area is 147 Å². The Morgan fingerprint density at radius 3 is 2.72 bits per heavy atom. The second kappa shape index (κ2) is 7.23. The van der Waals surface area contributed by atoms with Gasteiger partial charge < -0.3 is 14.2 Å². The van der Waals surface area contributed by atoms with Crippen molar-refractivity contribution in [3.63, 3.8) is 0 Å². The number of pyridine rings is 1. The highest BCUT2D eigenvalue weighted by atomic mass is 16.5. The van der Waals surface area contributed by atoms with Gasteiger partial charge in [-0.25, -0.2) is 0 Å². The van der Waals surface area contributed by atoms with E-state index in [4.69, 9.17) is 4.74 Å². The number of carbonyl (C=O) groups excluding carboxylic acids is 1. The third-order valence-electron chi connectivity index (χ3n) is 4.75. The third kappa shape index (κ3) is 3.82. The molecule has 25 heavy (non-hydrogen) atoms. The van der Waals surface area contributed by atoms with E-state index in [9.17, 15) is 9.59 Å². The average molecular weight is 340 g/mol. The second-order valence-corrected chi connectivity index (χ2v) is 6.74. The summed E-state index contributed by atoms with van der Waals surface area (Å²) in [5.74, 6) is -0.0552. The van der Waals surface area contributed by atoms with E-state index in [-0.39, 0.29) is 30.2 Å². The Bertz CT molecular complexity index is 828. The summed E-state index contributed by atoms with van der Waals surface area (Å²) >= 11 is 0. The molecule has 0 bridgehead atoms. The summed E-state index contributed by atoms with van der Waals surface area (Å²) in [7, 11) is 0. The van der Waals surface area contributed by atoms with Gasteiger partial charge in [-0.15, -0.1) is 0 Å². The molecule has 0 N–H and O–H groups in total. The van der Waals surface area contributed by atoms with Gasteiger partial charge in [0.05, 0.1) is 19.2 Å². The van der Waals surface area contributed by atoms with Gasteiger partial charge in [0.15, 0.2) is 0 Å². The maximum Gasteiger partial charge on any atom is 0.251 e. The quantitative estimate of drug-likeness (QED) is 0.862. The zero-order chi connectivity index (χ0) is 18.0. The third-order valence-corrected chi connectivity index (χ3v) is 4.75. The normalized spacial score (nSPS) is 20.5. The number of rotatable bonds is 3. The maximum atomic E-state index is 12.8. The van der Waals surface area contributed by atoms with Gasteiger partial charge in [0.25, 0.3) is 5.56 Å². The number of carbonyl (C=O) groups is 1. The van der Waals surface area contributed by atoms with E-state index in [0.717, 1.165) is 16.7 Å². The second-order valence-electron chi connectivity index (χ2n) is 6.74. The van der Waals surface area contributed by atoms with E-state index in [1.165, 1.54) is 4.57 Å². The lowest BCUT2D eigenvalue weighted by Crippen LogP contribution is -2.50. The predicted molar refractivity (Wildman–Crippen MR) is 96.5 cm³/mol. The van der Waals surface area contributed by atoms with Crippen molar-refractivity contribution in [2.45, 2.75) is 39.5 Å². The Morgan fingerprint density at radius 1 is 1.24 bits per heavy atom. The van der Waals surface area contributed by atoms with E-state index in [1.54, 1.807) is 12.3 Å². The van der Waals surface area contributed by atoms with Gasteiger partial charge >= 0.3 is 0 Å². The smallest absolute Gasteiger partial charge is 0.251 e. The van der Waals surface area contributed by atoms with Crippen molar-refractivity contribution in [3.05, 3.63) is 69.6 Å². The van der Waals surface area contributed by atoms with E-state index < -0.39 is 0 Å². The van der Waals surface area contributed by atoms with Crippen LogP contribution in [0.2, 0.25) is 0 Å². The molecule has 1 aromatic heterocycles. The summed E-state index contributed by atoms with van der Waals surface area (Å²) in [5.41, 5.74) is 3.02. The maximum absolute atomic E-state index is 12.8. The van der Waals surface area contributed by atoms with Gasteiger partial charge in [0.1, 0.15) is 12.6 Å². The van der Waals surface area contributed by atoms with E-state index >= 15 is 0 Å². The SMILES string of the molecule is Cc1ccn(CC(=O)N2CC(c3ccccc3C)OCC2C)c(=O)c1. The van der Waals surface area contributed by atoms with E-state index in [0.29, 0.717) is 13.2 Å². The first kappa shape index (κ1) is 17.4. The molecular weight excluding hydrogens is 316 g/mol. The summed E-state index contributed by atoms with van der Waals surface area (Å²) in [4.78, 5) is 26.7. The van der Waals surface area contributed by atoms with Gasteiger partial charge in [0, 0.05) is 12.3 Å². The molecule has 1 aliphatic rings. The van der Waals surface area contributed by atoms with Crippen molar-refractivity contribution < 1.29 is 9.53 Å². The number of aryl methyl sites for hydroxylation is 2. The minimum Gasteiger partial charge on any atom is -0.370 e. The van der Waals surface area contributed by atoms with Gasteiger partial charge in [-0.2, -0.15) is 0 Å². The van der Waals surface area contributed by atoms with Crippen molar-refractivity contribution in [3.8, 4) is 0 Å². The van der Waals surface area contributed by atoms with Crippen LogP contribution in [0.25, 0.3) is 0 Å². The first-order valence-corrected chi connectivity index (χ1v) is 8.59. The number of nitrogens with zero attached hydrogens (tertiary/aromatic N) is 2. The molecule has 1 aromatic carbocycles. The van der Waals surface area contributed by atoms with Gasteiger partial charge in [0.2, 0.25) is 5.91 Å². The van der Waals surface area contributed by atoms with Gasteiger partial charge in [-0.1, -0.05) is 24.3 Å². The summed E-state index contributed by atoms with van der Waals surface area (Å²) < 4.78 is 7.42. The van der Waals surface area contributed by atoms with Crippen LogP contribution in [0, 0.1) is 13.8 Å². The molecule has 0 saturated carbocycles. The Morgan fingerprint density at radius 2 is 2.00 bits per heavy atom. The molecule has 1 saturated heterocycles. The topological polar surface area (TPSA) is 51.5 Å². The number of hydrogen-bond acceptors (Lipinski definition) is 3. The highest BCUT2D eigenvalue weighted by Crippen LogP contribution is 2.27. The molecule has 2 aromatic rings. The Balaban J connectivity index is 1.76. The number of morpholine rings is 1. The van der Waals surface area contributed by atoms with E-state index in [2.05, 4.69) is 13.0 Å². The molecule has 132 valence electrons. The zero-order valence-corrected chi connectivity index (χ0v) is 14.9. The molecule has 2 unspecified atom stereocenters. The lowest BCUT2D eigenvalue weighted by molar-refractivity contribution is -0.145. The first-order valence-electron chi connectivity index (χ1n) is 8.59. The van der Waals surface area contributed by atoms with Gasteiger partial charge in [-0.05, 0) is 43.5 Å². The number of aromatic nitrogens is 1.